The molecule has 0 saturated heterocycles. The lowest BCUT2D eigenvalue weighted by Crippen LogP contribution is -2.50. The number of aliphatic carboxylic acids is 2. The minimum atomic E-state index is -1.31. The topological polar surface area (TPSA) is 101 Å². The lowest BCUT2D eigenvalue weighted by molar-refractivity contribution is -0.145. The highest BCUT2D eigenvalue weighted by Gasteiger charge is 2.72. The Morgan fingerprint density at radius 2 is 2.00 bits per heavy atom. The highest BCUT2D eigenvalue weighted by atomic mass is 16.4. The largest absolute Gasteiger partial charge is 0.481 e. The van der Waals surface area contributed by atoms with Crippen LogP contribution in [0, 0.1) is 23.7 Å². The van der Waals surface area contributed by atoms with Crippen molar-refractivity contribution in [3.05, 3.63) is 0 Å². The predicted molar refractivity (Wildman–Crippen MR) is 46.4 cm³/mol. The van der Waals surface area contributed by atoms with Gasteiger partial charge in [0.15, 0.2) is 0 Å². The molecule has 2 saturated carbocycles. The van der Waals surface area contributed by atoms with E-state index in [1.807, 2.05) is 6.92 Å². The first-order chi connectivity index (χ1) is 6.39. The Balaban J connectivity index is 2.26. The second-order valence-electron chi connectivity index (χ2n) is 4.49. The van der Waals surface area contributed by atoms with E-state index in [9.17, 15) is 9.59 Å². The van der Waals surface area contributed by atoms with Crippen molar-refractivity contribution in [2.75, 3.05) is 0 Å². The normalized spacial score (nSPS) is 49.9. The third kappa shape index (κ3) is 0.930. The molecule has 4 N–H and O–H groups in total. The second-order valence-corrected chi connectivity index (χ2v) is 4.49. The molecule has 5 heteroatoms. The van der Waals surface area contributed by atoms with E-state index in [0.29, 0.717) is 6.42 Å². The number of carboxylic acids is 2. The van der Waals surface area contributed by atoms with Gasteiger partial charge in [-0.05, 0) is 18.3 Å². The summed E-state index contributed by atoms with van der Waals surface area (Å²) in [5.74, 6) is -2.83. The SMILES string of the molecule is CC1CC(N)(C(=O)O)C2C1[C@@H]2C(=O)O. The summed E-state index contributed by atoms with van der Waals surface area (Å²) in [7, 11) is 0. The smallest absolute Gasteiger partial charge is 0.324 e. The quantitative estimate of drug-likeness (QED) is 0.569. The summed E-state index contributed by atoms with van der Waals surface area (Å²) in [6, 6.07) is 0. The van der Waals surface area contributed by atoms with Crippen molar-refractivity contribution < 1.29 is 19.8 Å². The Bertz CT molecular complexity index is 316. The summed E-state index contributed by atoms with van der Waals surface area (Å²) >= 11 is 0. The van der Waals surface area contributed by atoms with Crippen molar-refractivity contribution in [2.45, 2.75) is 18.9 Å². The zero-order valence-electron chi connectivity index (χ0n) is 7.80. The van der Waals surface area contributed by atoms with Gasteiger partial charge in [0.1, 0.15) is 5.54 Å². The molecular formula is C9H13NO4. The molecule has 2 aliphatic carbocycles. The fourth-order valence-electron chi connectivity index (χ4n) is 3.06. The minimum Gasteiger partial charge on any atom is -0.481 e. The Labute approximate surface area is 80.9 Å². The number of rotatable bonds is 2. The molecular weight excluding hydrogens is 186 g/mol. The first-order valence-electron chi connectivity index (χ1n) is 4.64. The monoisotopic (exact) mass is 199 g/mol. The van der Waals surface area contributed by atoms with Gasteiger partial charge >= 0.3 is 11.9 Å². The number of nitrogens with two attached hydrogens (primary N) is 1. The van der Waals surface area contributed by atoms with Crippen LogP contribution in [0.15, 0.2) is 0 Å². The summed E-state index contributed by atoms with van der Waals surface area (Å²) in [5.41, 5.74) is 4.43. The first-order valence-corrected chi connectivity index (χ1v) is 4.64. The fraction of sp³-hybridized carbons (Fsp3) is 0.778. The number of carbonyl (C=O) groups is 2. The number of carboxylic acid groups (broad SMARTS) is 2. The van der Waals surface area contributed by atoms with Gasteiger partial charge < -0.3 is 15.9 Å². The summed E-state index contributed by atoms with van der Waals surface area (Å²) in [4.78, 5) is 21.7. The van der Waals surface area contributed by atoms with E-state index in [-0.39, 0.29) is 17.8 Å². The molecule has 5 nitrogen and oxygen atoms in total. The van der Waals surface area contributed by atoms with E-state index in [1.165, 1.54) is 0 Å². The molecule has 0 bridgehead atoms. The van der Waals surface area contributed by atoms with Gasteiger partial charge in [0.25, 0.3) is 0 Å². The maximum Gasteiger partial charge on any atom is 0.324 e. The van der Waals surface area contributed by atoms with Crippen LogP contribution in [-0.4, -0.2) is 27.7 Å². The molecule has 4 unspecified atom stereocenters. The van der Waals surface area contributed by atoms with Crippen LogP contribution in [0.4, 0.5) is 0 Å². The maximum atomic E-state index is 11.0. The summed E-state index contributed by atoms with van der Waals surface area (Å²) in [6.45, 7) is 1.87. The third-order valence-corrected chi connectivity index (χ3v) is 3.67. The van der Waals surface area contributed by atoms with Gasteiger partial charge in [-0.3, -0.25) is 9.59 Å². The lowest BCUT2D eigenvalue weighted by Gasteiger charge is -2.22. The minimum absolute atomic E-state index is 0.0337. The lowest BCUT2D eigenvalue weighted by atomic mass is 9.88. The van der Waals surface area contributed by atoms with E-state index in [0.717, 1.165) is 0 Å². The Kier molecular flexibility index (Phi) is 1.67. The second kappa shape index (κ2) is 2.48. The highest BCUT2D eigenvalue weighted by Crippen LogP contribution is 2.64. The molecule has 0 spiro atoms. The number of hydrogen-bond donors (Lipinski definition) is 3. The van der Waals surface area contributed by atoms with E-state index < -0.39 is 23.4 Å². The Morgan fingerprint density at radius 1 is 1.43 bits per heavy atom. The Hall–Kier alpha value is -1.10. The van der Waals surface area contributed by atoms with Crippen LogP contribution in [-0.2, 0) is 9.59 Å². The van der Waals surface area contributed by atoms with Gasteiger partial charge in [0, 0.05) is 5.92 Å². The van der Waals surface area contributed by atoms with Gasteiger partial charge in [-0.15, -0.1) is 0 Å². The van der Waals surface area contributed by atoms with Crippen LogP contribution in [0.2, 0.25) is 0 Å². The third-order valence-electron chi connectivity index (χ3n) is 3.67. The molecule has 14 heavy (non-hydrogen) atoms. The molecule has 78 valence electrons. The van der Waals surface area contributed by atoms with Crippen LogP contribution in [0.5, 0.6) is 0 Å². The van der Waals surface area contributed by atoms with Crippen molar-refractivity contribution in [3.8, 4) is 0 Å². The molecule has 0 aromatic carbocycles. The van der Waals surface area contributed by atoms with Crippen LogP contribution in [0.3, 0.4) is 0 Å². The Morgan fingerprint density at radius 3 is 2.36 bits per heavy atom. The molecule has 0 heterocycles. The van der Waals surface area contributed by atoms with Crippen molar-refractivity contribution in [3.63, 3.8) is 0 Å². The highest BCUT2D eigenvalue weighted by molar-refractivity contribution is 5.85. The van der Waals surface area contributed by atoms with Crippen molar-refractivity contribution >= 4 is 11.9 Å². The van der Waals surface area contributed by atoms with E-state index in [1.54, 1.807) is 0 Å². The first kappa shape index (κ1) is 9.45. The van der Waals surface area contributed by atoms with E-state index in [2.05, 4.69) is 0 Å². The number of fused-ring (bicyclic) bond motifs is 1. The summed E-state index contributed by atoms with van der Waals surface area (Å²) < 4.78 is 0. The van der Waals surface area contributed by atoms with Crippen molar-refractivity contribution in [2.24, 2.45) is 29.4 Å². The van der Waals surface area contributed by atoms with Gasteiger partial charge in [0.2, 0.25) is 0 Å². The van der Waals surface area contributed by atoms with Gasteiger partial charge in [-0.2, -0.15) is 0 Å². The molecule has 2 fully saturated rings. The molecule has 2 rings (SSSR count). The molecule has 0 radical (unpaired) electrons. The van der Waals surface area contributed by atoms with Gasteiger partial charge in [-0.1, -0.05) is 6.92 Å². The molecule has 0 aromatic rings. The fourth-order valence-corrected chi connectivity index (χ4v) is 3.06. The summed E-state index contributed by atoms with van der Waals surface area (Å²) in [6.07, 6.45) is 0.390. The average Bonchev–Trinajstić information content (AvgIpc) is 2.72. The predicted octanol–water partition coefficient (Wildman–Crippen LogP) is -0.245. The van der Waals surface area contributed by atoms with Crippen LogP contribution in [0.25, 0.3) is 0 Å². The van der Waals surface area contributed by atoms with Crippen molar-refractivity contribution in [1.82, 2.24) is 0 Å². The standard InChI is InChI=1S/C9H13NO4/c1-3-2-9(10,8(13)14)6-4(3)5(6)7(11)12/h3-6H,2,10H2,1H3,(H,11,12)(H,13,14)/t3?,4?,5-,6?,9?/m0/s1. The van der Waals surface area contributed by atoms with Crippen molar-refractivity contribution in [1.29, 1.82) is 0 Å². The zero-order valence-corrected chi connectivity index (χ0v) is 7.80. The molecule has 0 aliphatic heterocycles. The van der Waals surface area contributed by atoms with Crippen LogP contribution < -0.4 is 5.73 Å². The molecule has 5 atom stereocenters. The van der Waals surface area contributed by atoms with Crippen LogP contribution >= 0.6 is 0 Å². The van der Waals surface area contributed by atoms with E-state index in [4.69, 9.17) is 15.9 Å². The number of hydrogen-bond acceptors (Lipinski definition) is 3. The van der Waals surface area contributed by atoms with Gasteiger partial charge in [-0.25, -0.2) is 0 Å². The molecule has 2 aliphatic rings. The van der Waals surface area contributed by atoms with Gasteiger partial charge in [0.05, 0.1) is 5.92 Å². The van der Waals surface area contributed by atoms with E-state index >= 15 is 0 Å². The average molecular weight is 199 g/mol. The summed E-state index contributed by atoms with van der Waals surface area (Å²) in [5, 5.41) is 17.8. The maximum absolute atomic E-state index is 11.0. The zero-order chi connectivity index (χ0) is 10.7. The molecule has 0 amide bonds. The molecule has 0 aromatic heterocycles. The van der Waals surface area contributed by atoms with Crippen LogP contribution in [0.1, 0.15) is 13.3 Å².